The molecular weight excluding hydrogens is 224 g/mol. The first-order valence-electron chi connectivity index (χ1n) is 5.29. The number of ether oxygens (including phenoxy) is 2. The summed E-state index contributed by atoms with van der Waals surface area (Å²) in [6.45, 7) is 1.93. The molecule has 0 saturated heterocycles. The summed E-state index contributed by atoms with van der Waals surface area (Å²) in [4.78, 5) is 22.3. The Bertz CT molecular complexity index is 317. The van der Waals surface area contributed by atoms with Gasteiger partial charge in [-0.25, -0.2) is 9.59 Å². The molecule has 0 aromatic heterocycles. The first-order chi connectivity index (χ1) is 8.04. The summed E-state index contributed by atoms with van der Waals surface area (Å²) in [5.74, 6) is -1.31. The summed E-state index contributed by atoms with van der Waals surface area (Å²) in [6.07, 6.45) is 4.56. The lowest BCUT2D eigenvalue weighted by Gasteiger charge is -2.03. The molecule has 0 amide bonds. The normalized spacial score (nSPS) is 13.5. The summed E-state index contributed by atoms with van der Waals surface area (Å²) in [5.41, 5.74) is 0.0366. The summed E-state index contributed by atoms with van der Waals surface area (Å²) in [6, 6.07) is 0. The molecular formula is C12H18O5. The third-order valence-electron chi connectivity index (χ3n) is 1.98. The minimum atomic E-state index is -0.657. The number of hydrogen-bond acceptors (Lipinski definition) is 5. The standard InChI is InChI=1S/C12H18O5/c1-4-5-10(13)7-6-9(12(15)17-3)8-11(14)16-2/h6-8,10,13H,4-5H2,1-3H3/b7-6+,9-8-/t10-/m0/s1. The van der Waals surface area contributed by atoms with Gasteiger partial charge in [0.25, 0.3) is 0 Å². The van der Waals surface area contributed by atoms with Crippen molar-refractivity contribution in [2.45, 2.75) is 25.9 Å². The van der Waals surface area contributed by atoms with E-state index in [0.717, 1.165) is 12.5 Å². The van der Waals surface area contributed by atoms with E-state index in [9.17, 15) is 14.7 Å². The molecule has 0 heterocycles. The summed E-state index contributed by atoms with van der Waals surface area (Å²) >= 11 is 0. The molecule has 0 rings (SSSR count). The third-order valence-corrected chi connectivity index (χ3v) is 1.98. The van der Waals surface area contributed by atoms with E-state index in [1.807, 2.05) is 6.92 Å². The highest BCUT2D eigenvalue weighted by Crippen LogP contribution is 2.04. The topological polar surface area (TPSA) is 72.8 Å². The van der Waals surface area contributed by atoms with Gasteiger partial charge in [0.1, 0.15) is 0 Å². The molecule has 0 aliphatic carbocycles. The van der Waals surface area contributed by atoms with Gasteiger partial charge in [-0.15, -0.1) is 0 Å². The molecule has 0 spiro atoms. The summed E-state index contributed by atoms with van der Waals surface area (Å²) < 4.78 is 8.91. The van der Waals surface area contributed by atoms with Gasteiger partial charge in [0, 0.05) is 6.08 Å². The van der Waals surface area contributed by atoms with E-state index in [1.165, 1.54) is 26.4 Å². The van der Waals surface area contributed by atoms with Gasteiger partial charge in [-0.1, -0.05) is 19.4 Å². The summed E-state index contributed by atoms with van der Waals surface area (Å²) in [5, 5.41) is 9.46. The lowest BCUT2D eigenvalue weighted by atomic mass is 10.1. The fourth-order valence-corrected chi connectivity index (χ4v) is 1.09. The van der Waals surface area contributed by atoms with Gasteiger partial charge in [0.05, 0.1) is 25.9 Å². The average molecular weight is 242 g/mol. The smallest absolute Gasteiger partial charge is 0.338 e. The number of carbonyl (C=O) groups excluding carboxylic acids is 2. The molecule has 0 aromatic rings. The first-order valence-corrected chi connectivity index (χ1v) is 5.29. The monoisotopic (exact) mass is 242 g/mol. The van der Waals surface area contributed by atoms with E-state index < -0.39 is 18.0 Å². The Labute approximate surface area is 101 Å². The Balaban J connectivity index is 4.77. The zero-order chi connectivity index (χ0) is 13.3. The van der Waals surface area contributed by atoms with Gasteiger partial charge in [0.2, 0.25) is 0 Å². The van der Waals surface area contributed by atoms with Crippen LogP contribution in [0.4, 0.5) is 0 Å². The van der Waals surface area contributed by atoms with E-state index in [1.54, 1.807) is 0 Å². The van der Waals surface area contributed by atoms with Crippen molar-refractivity contribution in [3.05, 3.63) is 23.8 Å². The summed E-state index contributed by atoms with van der Waals surface area (Å²) in [7, 11) is 2.42. The minimum Gasteiger partial charge on any atom is -0.466 e. The highest BCUT2D eigenvalue weighted by Gasteiger charge is 2.09. The maximum absolute atomic E-state index is 11.3. The van der Waals surface area contributed by atoms with Crippen LogP contribution in [-0.2, 0) is 19.1 Å². The molecule has 0 bridgehead atoms. The van der Waals surface area contributed by atoms with Crippen LogP contribution < -0.4 is 0 Å². The molecule has 5 heteroatoms. The van der Waals surface area contributed by atoms with Gasteiger partial charge < -0.3 is 14.6 Å². The van der Waals surface area contributed by atoms with Gasteiger partial charge in [-0.05, 0) is 12.5 Å². The van der Waals surface area contributed by atoms with Crippen molar-refractivity contribution in [1.29, 1.82) is 0 Å². The second-order valence-electron chi connectivity index (χ2n) is 3.33. The number of rotatable bonds is 6. The molecule has 96 valence electrons. The maximum Gasteiger partial charge on any atom is 0.338 e. The molecule has 0 radical (unpaired) electrons. The number of aliphatic hydroxyl groups is 1. The lowest BCUT2D eigenvalue weighted by Crippen LogP contribution is -2.08. The van der Waals surface area contributed by atoms with Crippen LogP contribution in [0.1, 0.15) is 19.8 Å². The minimum absolute atomic E-state index is 0.0366. The Morgan fingerprint density at radius 2 is 1.94 bits per heavy atom. The number of carbonyl (C=O) groups is 2. The van der Waals surface area contributed by atoms with Crippen LogP contribution >= 0.6 is 0 Å². The molecule has 0 fully saturated rings. The van der Waals surface area contributed by atoms with Crippen LogP contribution in [-0.4, -0.2) is 37.4 Å². The molecule has 0 aliphatic heterocycles. The number of esters is 2. The average Bonchev–Trinajstić information content (AvgIpc) is 2.33. The maximum atomic E-state index is 11.3. The molecule has 0 unspecified atom stereocenters. The SMILES string of the molecule is CCC[C@H](O)/C=C/C(=C/C(=O)OC)C(=O)OC. The van der Waals surface area contributed by atoms with Crippen LogP contribution in [0.3, 0.4) is 0 Å². The second kappa shape index (κ2) is 8.52. The van der Waals surface area contributed by atoms with Crippen LogP contribution in [0.15, 0.2) is 23.8 Å². The number of methoxy groups -OCH3 is 2. The quantitative estimate of drug-likeness (QED) is 0.427. The van der Waals surface area contributed by atoms with E-state index >= 15 is 0 Å². The third kappa shape index (κ3) is 6.52. The van der Waals surface area contributed by atoms with E-state index in [2.05, 4.69) is 9.47 Å². The van der Waals surface area contributed by atoms with E-state index in [-0.39, 0.29) is 5.57 Å². The Morgan fingerprint density at radius 1 is 1.29 bits per heavy atom. The lowest BCUT2D eigenvalue weighted by molar-refractivity contribution is -0.138. The predicted octanol–water partition coefficient (Wildman–Crippen LogP) is 0.976. The van der Waals surface area contributed by atoms with Crippen molar-refractivity contribution in [3.8, 4) is 0 Å². The fourth-order valence-electron chi connectivity index (χ4n) is 1.09. The molecule has 17 heavy (non-hydrogen) atoms. The van der Waals surface area contributed by atoms with Crippen LogP contribution in [0, 0.1) is 0 Å². The van der Waals surface area contributed by atoms with Crippen molar-refractivity contribution in [3.63, 3.8) is 0 Å². The molecule has 1 atom stereocenters. The largest absolute Gasteiger partial charge is 0.466 e. The predicted molar refractivity (Wildman–Crippen MR) is 62.2 cm³/mol. The highest BCUT2D eigenvalue weighted by molar-refractivity contribution is 5.98. The van der Waals surface area contributed by atoms with E-state index in [4.69, 9.17) is 0 Å². The molecule has 0 aromatic carbocycles. The van der Waals surface area contributed by atoms with Gasteiger partial charge in [0.15, 0.2) is 0 Å². The number of hydrogen-bond donors (Lipinski definition) is 1. The molecule has 5 nitrogen and oxygen atoms in total. The molecule has 0 aliphatic rings. The van der Waals surface area contributed by atoms with Crippen LogP contribution in [0.5, 0.6) is 0 Å². The van der Waals surface area contributed by atoms with Gasteiger partial charge in [-0.2, -0.15) is 0 Å². The van der Waals surface area contributed by atoms with Crippen molar-refractivity contribution in [1.82, 2.24) is 0 Å². The van der Waals surface area contributed by atoms with Gasteiger partial charge in [-0.3, -0.25) is 0 Å². The van der Waals surface area contributed by atoms with Crippen LogP contribution in [0.2, 0.25) is 0 Å². The van der Waals surface area contributed by atoms with Crippen molar-refractivity contribution < 1.29 is 24.2 Å². The van der Waals surface area contributed by atoms with Crippen molar-refractivity contribution in [2.24, 2.45) is 0 Å². The Morgan fingerprint density at radius 3 is 2.41 bits per heavy atom. The molecule has 1 N–H and O–H groups in total. The van der Waals surface area contributed by atoms with Gasteiger partial charge >= 0.3 is 11.9 Å². The fraction of sp³-hybridized carbons (Fsp3) is 0.500. The van der Waals surface area contributed by atoms with Crippen LogP contribution in [0.25, 0.3) is 0 Å². The zero-order valence-corrected chi connectivity index (χ0v) is 10.3. The first kappa shape index (κ1) is 15.4. The second-order valence-corrected chi connectivity index (χ2v) is 3.33. The number of aliphatic hydroxyl groups excluding tert-OH is 1. The highest BCUT2D eigenvalue weighted by atomic mass is 16.5. The van der Waals surface area contributed by atoms with Crippen molar-refractivity contribution in [2.75, 3.05) is 14.2 Å². The Kier molecular flexibility index (Phi) is 7.71. The molecule has 0 saturated carbocycles. The Hall–Kier alpha value is -1.62. The van der Waals surface area contributed by atoms with E-state index in [0.29, 0.717) is 6.42 Å². The zero-order valence-electron chi connectivity index (χ0n) is 10.3. The van der Waals surface area contributed by atoms with Crippen molar-refractivity contribution >= 4 is 11.9 Å².